The van der Waals surface area contributed by atoms with E-state index in [-0.39, 0.29) is 6.42 Å². The smallest absolute Gasteiger partial charge is 0.331 e. The number of aliphatic hydroxyl groups is 9. The van der Waals surface area contributed by atoms with Crippen LogP contribution in [0.2, 0.25) is 0 Å². The van der Waals surface area contributed by atoms with Crippen molar-refractivity contribution < 1.29 is 74.4 Å². The molecule has 2 saturated heterocycles. The predicted molar refractivity (Wildman–Crippen MR) is 149 cm³/mol. The Morgan fingerprint density at radius 3 is 2.13 bits per heavy atom. The fourth-order valence-electron chi connectivity index (χ4n) is 6.97. The Balaban J connectivity index is 1.53. The normalized spacial score (nSPS) is 46.5. The molecule has 3 fully saturated rings. The van der Waals surface area contributed by atoms with Crippen molar-refractivity contribution in [3.63, 3.8) is 0 Å². The average Bonchev–Trinajstić information content (AvgIpc) is 3.26. The summed E-state index contributed by atoms with van der Waals surface area (Å²) >= 11 is 0. The molecule has 0 aromatic heterocycles. The lowest BCUT2D eigenvalue weighted by atomic mass is 9.65. The first-order valence-electron chi connectivity index (χ1n) is 14.6. The van der Waals surface area contributed by atoms with Gasteiger partial charge in [0.25, 0.3) is 0 Å². The third kappa shape index (κ3) is 6.04. The van der Waals surface area contributed by atoms with E-state index in [4.69, 9.17) is 23.7 Å². The summed E-state index contributed by atoms with van der Waals surface area (Å²) in [7, 11) is 0. The molecule has 1 aliphatic carbocycles. The number of carbonyl (C=O) groups excluding carboxylic acids is 1. The highest BCUT2D eigenvalue weighted by Gasteiger charge is 2.71. The molecule has 45 heavy (non-hydrogen) atoms. The van der Waals surface area contributed by atoms with Gasteiger partial charge in [0.2, 0.25) is 6.29 Å². The van der Waals surface area contributed by atoms with Gasteiger partial charge < -0.3 is 69.6 Å². The van der Waals surface area contributed by atoms with E-state index in [1.165, 1.54) is 25.2 Å². The molecule has 250 valence electrons. The molecule has 9 N–H and O–H groups in total. The SMILES string of the molecule is C[C@]1(OC(=O)/C=C/c2ccccc2)C[C@@H](O)[C@]2([C@@H]3O[C@H](CO)[C@@H](O)[C@H](O)[C@H]3O)C=CO[C@@H](O[C@@H]3O[C@H](CO)[C@@H](O)[C@H](O)[C@H]3O)[C@@H]21. The van der Waals surface area contributed by atoms with Crippen LogP contribution in [0, 0.1) is 11.3 Å². The molecular formula is C30H40O15. The van der Waals surface area contributed by atoms with Gasteiger partial charge in [-0.25, -0.2) is 4.79 Å². The molecule has 4 aliphatic rings. The Bertz CT molecular complexity index is 1220. The first-order chi connectivity index (χ1) is 21.4. The first kappa shape index (κ1) is 33.8. The van der Waals surface area contributed by atoms with E-state index < -0.39 is 110 Å². The predicted octanol–water partition coefficient (Wildman–Crippen LogP) is -3.10. The van der Waals surface area contributed by atoms with E-state index >= 15 is 0 Å². The number of hydrogen-bond acceptors (Lipinski definition) is 15. The Hall–Kier alpha value is -2.51. The number of hydrogen-bond donors (Lipinski definition) is 9. The second-order valence-corrected chi connectivity index (χ2v) is 12.1. The third-order valence-corrected chi connectivity index (χ3v) is 9.26. The maximum absolute atomic E-state index is 13.2. The highest BCUT2D eigenvalue weighted by atomic mass is 16.8. The number of fused-ring (bicyclic) bond motifs is 1. The van der Waals surface area contributed by atoms with E-state index in [0.29, 0.717) is 5.56 Å². The Morgan fingerprint density at radius 2 is 1.49 bits per heavy atom. The lowest BCUT2D eigenvalue weighted by Crippen LogP contribution is -2.68. The summed E-state index contributed by atoms with van der Waals surface area (Å²) in [4.78, 5) is 13.2. The fourth-order valence-corrected chi connectivity index (χ4v) is 6.97. The maximum atomic E-state index is 13.2. The van der Waals surface area contributed by atoms with Crippen LogP contribution in [0.3, 0.4) is 0 Å². The molecule has 15 heteroatoms. The summed E-state index contributed by atoms with van der Waals surface area (Å²) in [6.45, 7) is -0.0108. The first-order valence-corrected chi connectivity index (χ1v) is 14.6. The van der Waals surface area contributed by atoms with Crippen LogP contribution in [-0.4, -0.2) is 144 Å². The molecule has 0 radical (unpaired) electrons. The summed E-state index contributed by atoms with van der Waals surface area (Å²) in [6.07, 6.45) is -14.7. The molecule has 15 atom stereocenters. The van der Waals surface area contributed by atoms with Gasteiger partial charge in [-0.2, -0.15) is 0 Å². The van der Waals surface area contributed by atoms with Gasteiger partial charge in [0, 0.05) is 12.5 Å². The Labute approximate surface area is 258 Å². The van der Waals surface area contributed by atoms with Gasteiger partial charge in [-0.3, -0.25) is 0 Å². The summed E-state index contributed by atoms with van der Waals surface area (Å²) in [5.74, 6) is -2.12. The van der Waals surface area contributed by atoms with Crippen LogP contribution >= 0.6 is 0 Å². The lowest BCUT2D eigenvalue weighted by Gasteiger charge is -2.53. The fraction of sp³-hybridized carbons (Fsp3) is 0.633. The summed E-state index contributed by atoms with van der Waals surface area (Å²) in [5.41, 5.74) is -2.74. The minimum Gasteiger partial charge on any atom is -0.472 e. The van der Waals surface area contributed by atoms with Crippen molar-refractivity contribution in [2.75, 3.05) is 13.2 Å². The van der Waals surface area contributed by atoms with Crippen molar-refractivity contribution in [2.24, 2.45) is 11.3 Å². The lowest BCUT2D eigenvalue weighted by molar-refractivity contribution is -0.356. The van der Waals surface area contributed by atoms with Crippen molar-refractivity contribution in [3.05, 3.63) is 54.3 Å². The number of aliphatic hydroxyl groups excluding tert-OH is 9. The number of ether oxygens (including phenoxy) is 5. The highest BCUT2D eigenvalue weighted by Crippen LogP contribution is 2.60. The molecule has 3 aliphatic heterocycles. The second kappa shape index (κ2) is 13.3. The highest BCUT2D eigenvalue weighted by molar-refractivity contribution is 5.87. The zero-order chi connectivity index (χ0) is 32.7. The molecule has 0 spiro atoms. The third-order valence-electron chi connectivity index (χ3n) is 9.26. The summed E-state index contributed by atoms with van der Waals surface area (Å²) in [5, 5.41) is 94.6. The van der Waals surface area contributed by atoms with Gasteiger partial charge in [0.1, 0.15) is 54.4 Å². The van der Waals surface area contributed by atoms with Gasteiger partial charge in [0.05, 0.1) is 43.0 Å². The van der Waals surface area contributed by atoms with Crippen molar-refractivity contribution in [3.8, 4) is 0 Å². The topological polar surface area (TPSA) is 245 Å². The second-order valence-electron chi connectivity index (χ2n) is 12.1. The monoisotopic (exact) mass is 640 g/mol. The zero-order valence-electron chi connectivity index (χ0n) is 24.3. The van der Waals surface area contributed by atoms with Gasteiger partial charge in [-0.05, 0) is 24.6 Å². The number of esters is 1. The molecule has 1 saturated carbocycles. The average molecular weight is 641 g/mol. The molecule has 0 amide bonds. The number of benzene rings is 1. The largest absolute Gasteiger partial charge is 0.472 e. The molecular weight excluding hydrogens is 600 g/mol. The van der Waals surface area contributed by atoms with Crippen LogP contribution in [0.15, 0.2) is 48.7 Å². The molecule has 3 heterocycles. The van der Waals surface area contributed by atoms with Gasteiger partial charge >= 0.3 is 5.97 Å². The van der Waals surface area contributed by atoms with Crippen LogP contribution < -0.4 is 0 Å². The van der Waals surface area contributed by atoms with Crippen LogP contribution in [0.25, 0.3) is 6.08 Å². The number of rotatable bonds is 8. The number of carbonyl (C=O) groups is 1. The van der Waals surface area contributed by atoms with E-state index in [1.807, 2.05) is 0 Å². The van der Waals surface area contributed by atoms with E-state index in [2.05, 4.69) is 0 Å². The van der Waals surface area contributed by atoms with Crippen LogP contribution in [0.1, 0.15) is 18.9 Å². The van der Waals surface area contributed by atoms with Crippen molar-refractivity contribution in [1.29, 1.82) is 0 Å². The van der Waals surface area contributed by atoms with Crippen molar-refractivity contribution in [1.82, 2.24) is 0 Å². The minimum atomic E-state index is -1.84. The van der Waals surface area contributed by atoms with E-state index in [9.17, 15) is 50.8 Å². The quantitative estimate of drug-likeness (QED) is 0.101. The van der Waals surface area contributed by atoms with Crippen molar-refractivity contribution in [2.45, 2.75) is 92.6 Å². The minimum absolute atomic E-state index is 0.278. The van der Waals surface area contributed by atoms with Crippen LogP contribution in [0.5, 0.6) is 0 Å². The van der Waals surface area contributed by atoms with Crippen LogP contribution in [0.4, 0.5) is 0 Å². The van der Waals surface area contributed by atoms with Gasteiger partial charge in [-0.15, -0.1) is 0 Å². The molecule has 0 bridgehead atoms. The Kier molecular flexibility index (Phi) is 10.0. The van der Waals surface area contributed by atoms with Gasteiger partial charge in [-0.1, -0.05) is 30.3 Å². The van der Waals surface area contributed by atoms with Crippen LogP contribution in [-0.2, 0) is 28.5 Å². The molecule has 1 aromatic carbocycles. The molecule has 1 aromatic rings. The molecule has 5 rings (SSSR count). The zero-order valence-corrected chi connectivity index (χ0v) is 24.3. The molecule has 0 unspecified atom stereocenters. The van der Waals surface area contributed by atoms with Gasteiger partial charge in [0.15, 0.2) is 6.29 Å². The van der Waals surface area contributed by atoms with Crippen molar-refractivity contribution >= 4 is 12.0 Å². The standard InChI is InChI=1S/C30H40O15/c1-29(45-18(34)8-7-14-5-3-2-4-6-14)11-17(33)30(26-23(39)21(37)19(35)15(12-31)42-26)9-10-41-28(25(29)30)44-27-24(40)22(38)20(36)16(13-32)43-27/h2-10,15-17,19-28,31-33,35-40H,11-13H2,1H3/b8-7+/t15-,16-,17-,19-,20-,21+,22+,23-,24-,25-,26-,27+,28+,29+,30-/m1/s1. The maximum Gasteiger partial charge on any atom is 0.331 e. The van der Waals surface area contributed by atoms with E-state index in [1.54, 1.807) is 30.3 Å². The molecule has 15 nitrogen and oxygen atoms in total. The van der Waals surface area contributed by atoms with E-state index in [0.717, 1.165) is 6.26 Å². The summed E-state index contributed by atoms with van der Waals surface area (Å²) < 4.78 is 29.1. The summed E-state index contributed by atoms with van der Waals surface area (Å²) in [6, 6.07) is 8.89. The Morgan fingerprint density at radius 1 is 0.867 bits per heavy atom.